The molecule has 5 nitrogen and oxygen atoms in total. The monoisotopic (exact) mass is 358 g/mol. The molecule has 1 fully saturated rings. The van der Waals surface area contributed by atoms with Crippen LogP contribution < -0.4 is 10.1 Å². The van der Waals surface area contributed by atoms with Crippen molar-refractivity contribution < 1.29 is 14.6 Å². The summed E-state index contributed by atoms with van der Waals surface area (Å²) in [5.74, 6) is -0.410. The first-order chi connectivity index (χ1) is 10.4. The highest BCUT2D eigenvalue weighted by atomic mass is 35.5. The molecule has 0 spiro atoms. The molecule has 0 aromatic heterocycles. The molecular weight excluding hydrogens is 347 g/mol. The van der Waals surface area contributed by atoms with Crippen LogP contribution in [0.25, 0.3) is 6.08 Å². The predicted molar refractivity (Wildman–Crippen MR) is 90.3 cm³/mol. The summed E-state index contributed by atoms with van der Waals surface area (Å²) >= 11 is 17.1. The van der Waals surface area contributed by atoms with E-state index < -0.39 is 0 Å². The molecule has 0 aliphatic carbocycles. The quantitative estimate of drug-likeness (QED) is 0.492. The van der Waals surface area contributed by atoms with E-state index in [2.05, 4.69) is 11.9 Å². The van der Waals surface area contributed by atoms with E-state index in [0.717, 1.165) is 0 Å². The Labute approximate surface area is 142 Å². The van der Waals surface area contributed by atoms with Gasteiger partial charge in [0.15, 0.2) is 16.6 Å². The summed E-state index contributed by atoms with van der Waals surface area (Å²) in [7, 11) is 1.39. The average molecular weight is 359 g/mol. The first-order valence-corrected chi connectivity index (χ1v) is 7.27. The van der Waals surface area contributed by atoms with E-state index in [4.69, 9.17) is 40.2 Å². The van der Waals surface area contributed by atoms with Crippen molar-refractivity contribution >= 4 is 52.5 Å². The van der Waals surface area contributed by atoms with Crippen molar-refractivity contribution in [2.24, 2.45) is 0 Å². The van der Waals surface area contributed by atoms with Gasteiger partial charge in [-0.1, -0.05) is 29.3 Å². The number of aromatic hydroxyl groups is 1. The number of nitrogens with one attached hydrogen (secondary N) is 1. The normalized spacial score (nSPS) is 16.1. The molecule has 0 atom stereocenters. The number of phenolic OH excluding ortho intramolecular Hbond substituents is 1. The smallest absolute Gasteiger partial charge is 0.276 e. The molecule has 0 radical (unpaired) electrons. The average Bonchev–Trinajstić information content (AvgIpc) is 2.76. The number of phenols is 1. The van der Waals surface area contributed by atoms with Crippen LogP contribution in [-0.4, -0.2) is 34.7 Å². The van der Waals surface area contributed by atoms with E-state index in [9.17, 15) is 9.90 Å². The lowest BCUT2D eigenvalue weighted by Crippen LogP contribution is -2.30. The van der Waals surface area contributed by atoms with E-state index in [1.165, 1.54) is 24.2 Å². The topological polar surface area (TPSA) is 61.8 Å². The van der Waals surface area contributed by atoms with Crippen molar-refractivity contribution in [2.75, 3.05) is 13.7 Å². The Morgan fingerprint density at radius 2 is 2.18 bits per heavy atom. The lowest BCUT2D eigenvalue weighted by Gasteiger charge is -2.10. The minimum absolute atomic E-state index is 0.0520. The van der Waals surface area contributed by atoms with Gasteiger partial charge >= 0.3 is 0 Å². The van der Waals surface area contributed by atoms with Gasteiger partial charge in [-0.05, 0) is 24.4 Å². The SMILES string of the molecule is C=CCN1C(=O)C(=Cc2cc(OC)c(O)c(Cl)c2Cl)NC1=S. The predicted octanol–water partition coefficient (Wildman–Crippen LogP) is 2.95. The lowest BCUT2D eigenvalue weighted by atomic mass is 10.1. The summed E-state index contributed by atoms with van der Waals surface area (Å²) in [6.45, 7) is 3.88. The van der Waals surface area contributed by atoms with Crippen LogP contribution in [0.3, 0.4) is 0 Å². The van der Waals surface area contributed by atoms with Crippen molar-refractivity contribution in [3.8, 4) is 11.5 Å². The molecule has 22 heavy (non-hydrogen) atoms. The van der Waals surface area contributed by atoms with Crippen molar-refractivity contribution in [3.05, 3.63) is 40.0 Å². The summed E-state index contributed by atoms with van der Waals surface area (Å²) in [4.78, 5) is 13.6. The fourth-order valence-electron chi connectivity index (χ4n) is 1.89. The third-order valence-electron chi connectivity index (χ3n) is 2.97. The second-order valence-corrected chi connectivity index (χ2v) is 5.48. The van der Waals surface area contributed by atoms with E-state index in [-0.39, 0.29) is 38.3 Å². The first kappa shape index (κ1) is 16.6. The van der Waals surface area contributed by atoms with E-state index in [1.807, 2.05) is 0 Å². The maximum Gasteiger partial charge on any atom is 0.276 e. The molecule has 2 N–H and O–H groups in total. The maximum absolute atomic E-state index is 12.2. The van der Waals surface area contributed by atoms with Crippen molar-refractivity contribution in [1.29, 1.82) is 0 Å². The molecule has 1 aliphatic rings. The molecule has 116 valence electrons. The molecule has 1 saturated heterocycles. The number of methoxy groups -OCH3 is 1. The van der Waals surface area contributed by atoms with Crippen molar-refractivity contribution in [3.63, 3.8) is 0 Å². The largest absolute Gasteiger partial charge is 0.503 e. The molecule has 0 unspecified atom stereocenters. The van der Waals surface area contributed by atoms with Gasteiger partial charge in [0.25, 0.3) is 5.91 Å². The van der Waals surface area contributed by atoms with Crippen molar-refractivity contribution in [1.82, 2.24) is 10.2 Å². The Hall–Kier alpha value is -1.76. The summed E-state index contributed by atoms with van der Waals surface area (Å²) in [6.07, 6.45) is 3.07. The number of rotatable bonds is 4. The Morgan fingerprint density at radius 3 is 2.77 bits per heavy atom. The summed E-state index contributed by atoms with van der Waals surface area (Å²) < 4.78 is 5.02. The van der Waals surface area contributed by atoms with Crippen LogP contribution in [0.1, 0.15) is 5.56 Å². The molecule has 2 rings (SSSR count). The van der Waals surface area contributed by atoms with Crippen LogP contribution in [0.2, 0.25) is 10.0 Å². The van der Waals surface area contributed by atoms with Crippen molar-refractivity contribution in [2.45, 2.75) is 0 Å². The van der Waals surface area contributed by atoms with Gasteiger partial charge in [-0.3, -0.25) is 9.69 Å². The second-order valence-electron chi connectivity index (χ2n) is 4.34. The van der Waals surface area contributed by atoms with Gasteiger partial charge in [0.05, 0.1) is 12.1 Å². The van der Waals surface area contributed by atoms with Gasteiger partial charge in [-0.2, -0.15) is 0 Å². The molecule has 1 amide bonds. The van der Waals surface area contributed by atoms with Gasteiger partial charge in [0, 0.05) is 12.1 Å². The van der Waals surface area contributed by atoms with Crippen LogP contribution in [-0.2, 0) is 4.79 Å². The fourth-order valence-corrected chi connectivity index (χ4v) is 2.56. The van der Waals surface area contributed by atoms with E-state index in [0.29, 0.717) is 12.1 Å². The zero-order valence-corrected chi connectivity index (χ0v) is 13.8. The van der Waals surface area contributed by atoms with Crippen LogP contribution in [0.4, 0.5) is 0 Å². The Balaban J connectivity index is 2.46. The summed E-state index contributed by atoms with van der Waals surface area (Å²) in [5, 5.41) is 12.9. The molecule has 1 aromatic rings. The molecule has 1 aromatic carbocycles. The molecule has 0 bridgehead atoms. The standard InChI is InChI=1S/C14H12Cl2N2O3S/c1-3-4-18-13(20)8(17-14(18)22)5-7-6-9(21-2)12(19)11(16)10(7)15/h3,5-6,19H,1,4H2,2H3,(H,17,22). The summed E-state index contributed by atoms with van der Waals surface area (Å²) in [6, 6.07) is 1.48. The molecule has 1 heterocycles. The Morgan fingerprint density at radius 1 is 1.50 bits per heavy atom. The van der Waals surface area contributed by atoms with Crippen LogP contribution in [0, 0.1) is 0 Å². The van der Waals surface area contributed by atoms with Gasteiger partial charge in [0.1, 0.15) is 10.7 Å². The van der Waals surface area contributed by atoms with Gasteiger partial charge in [-0.25, -0.2) is 0 Å². The number of nitrogens with zero attached hydrogens (tertiary/aromatic N) is 1. The van der Waals surface area contributed by atoms with Crippen LogP contribution >= 0.6 is 35.4 Å². The Bertz CT molecular complexity index is 704. The van der Waals surface area contributed by atoms with Gasteiger partial charge in [-0.15, -0.1) is 6.58 Å². The first-order valence-electron chi connectivity index (χ1n) is 6.11. The number of hydrogen-bond acceptors (Lipinski definition) is 4. The number of benzene rings is 1. The third-order valence-corrected chi connectivity index (χ3v) is 4.16. The minimum atomic E-state index is -0.302. The van der Waals surface area contributed by atoms with E-state index >= 15 is 0 Å². The molecule has 1 aliphatic heterocycles. The maximum atomic E-state index is 12.2. The number of amides is 1. The lowest BCUT2D eigenvalue weighted by molar-refractivity contribution is -0.122. The number of carbonyl (C=O) groups excluding carboxylic acids is 1. The highest BCUT2D eigenvalue weighted by molar-refractivity contribution is 7.80. The number of hydrogen-bond donors (Lipinski definition) is 2. The number of halogens is 2. The molecule has 8 heteroatoms. The van der Waals surface area contributed by atoms with Gasteiger partial charge in [0.2, 0.25) is 0 Å². The molecular formula is C14H12Cl2N2O3S. The third kappa shape index (κ3) is 2.90. The second kappa shape index (κ2) is 6.56. The summed E-state index contributed by atoms with van der Waals surface area (Å²) in [5.41, 5.74) is 0.665. The number of thiocarbonyl (C=S) groups is 1. The fraction of sp³-hybridized carbons (Fsp3) is 0.143. The highest BCUT2D eigenvalue weighted by Gasteiger charge is 2.30. The zero-order valence-electron chi connectivity index (χ0n) is 11.5. The highest BCUT2D eigenvalue weighted by Crippen LogP contribution is 2.42. The van der Waals surface area contributed by atoms with Crippen LogP contribution in [0.15, 0.2) is 24.4 Å². The molecule has 0 saturated carbocycles. The van der Waals surface area contributed by atoms with E-state index in [1.54, 1.807) is 6.08 Å². The zero-order chi connectivity index (χ0) is 16.4. The minimum Gasteiger partial charge on any atom is -0.503 e. The number of carbonyl (C=O) groups is 1. The van der Waals surface area contributed by atoms with Crippen LogP contribution in [0.5, 0.6) is 11.5 Å². The Kier molecular flexibility index (Phi) is 4.95. The number of ether oxygens (including phenoxy) is 1. The van der Waals surface area contributed by atoms with Gasteiger partial charge < -0.3 is 15.2 Å².